The van der Waals surface area contributed by atoms with E-state index in [9.17, 15) is 9.59 Å². The van der Waals surface area contributed by atoms with Crippen molar-refractivity contribution < 1.29 is 9.59 Å². The zero-order valence-corrected chi connectivity index (χ0v) is 10.4. The van der Waals surface area contributed by atoms with Gasteiger partial charge in [0.25, 0.3) is 11.8 Å². The number of nitrogens with one attached hydrogen (secondary N) is 2. The summed E-state index contributed by atoms with van der Waals surface area (Å²) in [5, 5.41) is 0. The van der Waals surface area contributed by atoms with Crippen molar-refractivity contribution in [1.29, 1.82) is 0 Å². The average Bonchev–Trinajstić information content (AvgIpc) is 2.45. The molecule has 1 aromatic heterocycles. The molecular formula is C14H13N3O2. The smallest absolute Gasteiger partial charge is 0.267 e. The maximum Gasteiger partial charge on any atom is 0.288 e. The van der Waals surface area contributed by atoms with Crippen molar-refractivity contribution in [2.75, 3.05) is 0 Å². The number of benzene rings is 1. The molecule has 2 amide bonds. The molecule has 0 aliphatic carbocycles. The SMILES string of the molecule is Cc1cccc(C(=O)NNC(=O)c2ccccc2)n1. The predicted molar refractivity (Wildman–Crippen MR) is 70.3 cm³/mol. The number of hydrogen-bond donors (Lipinski definition) is 2. The van der Waals surface area contributed by atoms with Crippen molar-refractivity contribution >= 4 is 11.8 Å². The fourth-order valence-electron chi connectivity index (χ4n) is 1.51. The lowest BCUT2D eigenvalue weighted by atomic mass is 10.2. The Balaban J connectivity index is 1.96. The molecule has 0 radical (unpaired) electrons. The molecule has 2 N–H and O–H groups in total. The number of aryl methyl sites for hydroxylation is 1. The number of aromatic nitrogens is 1. The summed E-state index contributed by atoms with van der Waals surface area (Å²) in [5.41, 5.74) is 6.13. The molecule has 19 heavy (non-hydrogen) atoms. The Labute approximate surface area is 110 Å². The molecule has 1 aromatic carbocycles. The van der Waals surface area contributed by atoms with E-state index in [2.05, 4.69) is 15.8 Å². The topological polar surface area (TPSA) is 71.1 Å². The average molecular weight is 255 g/mol. The summed E-state index contributed by atoms with van der Waals surface area (Å²) in [4.78, 5) is 27.5. The summed E-state index contributed by atoms with van der Waals surface area (Å²) in [7, 11) is 0. The molecule has 2 rings (SSSR count). The van der Waals surface area contributed by atoms with E-state index >= 15 is 0 Å². The van der Waals surface area contributed by atoms with Crippen molar-refractivity contribution in [2.45, 2.75) is 6.92 Å². The van der Waals surface area contributed by atoms with Crippen molar-refractivity contribution in [2.24, 2.45) is 0 Å². The molecule has 5 nitrogen and oxygen atoms in total. The van der Waals surface area contributed by atoms with Crippen molar-refractivity contribution in [3.63, 3.8) is 0 Å². The van der Waals surface area contributed by atoms with E-state index in [1.54, 1.807) is 49.4 Å². The number of amides is 2. The number of nitrogens with zero attached hydrogens (tertiary/aromatic N) is 1. The predicted octanol–water partition coefficient (Wildman–Crippen LogP) is 1.46. The second-order valence-corrected chi connectivity index (χ2v) is 3.94. The summed E-state index contributed by atoms with van der Waals surface area (Å²) in [6, 6.07) is 13.7. The Morgan fingerprint density at radius 3 is 2.26 bits per heavy atom. The van der Waals surface area contributed by atoms with Crippen LogP contribution in [0.15, 0.2) is 48.5 Å². The van der Waals surface area contributed by atoms with E-state index in [1.807, 2.05) is 6.07 Å². The molecule has 0 atom stereocenters. The highest BCUT2D eigenvalue weighted by atomic mass is 16.2. The van der Waals surface area contributed by atoms with E-state index < -0.39 is 5.91 Å². The molecule has 0 bridgehead atoms. The Hall–Kier alpha value is -2.69. The molecule has 0 aliphatic rings. The van der Waals surface area contributed by atoms with Crippen LogP contribution >= 0.6 is 0 Å². The van der Waals surface area contributed by atoms with Gasteiger partial charge in [-0.25, -0.2) is 4.98 Å². The van der Waals surface area contributed by atoms with Gasteiger partial charge in [-0.05, 0) is 31.2 Å². The number of rotatable bonds is 2. The molecule has 2 aromatic rings. The van der Waals surface area contributed by atoms with Gasteiger partial charge in [-0.2, -0.15) is 0 Å². The van der Waals surface area contributed by atoms with Gasteiger partial charge in [0.15, 0.2) is 0 Å². The third-order valence-corrected chi connectivity index (χ3v) is 2.45. The summed E-state index contributed by atoms with van der Waals surface area (Å²) in [6.45, 7) is 1.79. The van der Waals surface area contributed by atoms with E-state index in [0.717, 1.165) is 5.69 Å². The first kappa shape index (κ1) is 12.8. The summed E-state index contributed by atoms with van der Waals surface area (Å²) in [6.07, 6.45) is 0. The van der Waals surface area contributed by atoms with Gasteiger partial charge in [0.1, 0.15) is 5.69 Å². The second kappa shape index (κ2) is 5.77. The van der Waals surface area contributed by atoms with Gasteiger partial charge in [-0.3, -0.25) is 20.4 Å². The fraction of sp³-hybridized carbons (Fsp3) is 0.0714. The largest absolute Gasteiger partial charge is 0.288 e. The number of hydrogen-bond acceptors (Lipinski definition) is 3. The monoisotopic (exact) mass is 255 g/mol. The van der Waals surface area contributed by atoms with Crippen LogP contribution in [0.3, 0.4) is 0 Å². The van der Waals surface area contributed by atoms with Crippen LogP contribution in [-0.4, -0.2) is 16.8 Å². The lowest BCUT2D eigenvalue weighted by Gasteiger charge is -2.07. The van der Waals surface area contributed by atoms with E-state index in [1.165, 1.54) is 0 Å². The fourth-order valence-corrected chi connectivity index (χ4v) is 1.51. The number of hydrazine groups is 1. The number of carbonyl (C=O) groups is 2. The lowest BCUT2D eigenvalue weighted by molar-refractivity contribution is 0.0844. The molecule has 0 saturated heterocycles. The Kier molecular flexibility index (Phi) is 3.87. The highest BCUT2D eigenvalue weighted by Gasteiger charge is 2.09. The summed E-state index contributed by atoms with van der Waals surface area (Å²) in [5.74, 6) is -0.824. The van der Waals surface area contributed by atoms with Gasteiger partial charge < -0.3 is 0 Å². The number of pyridine rings is 1. The number of carbonyl (C=O) groups excluding carboxylic acids is 2. The molecule has 0 aliphatic heterocycles. The molecule has 1 heterocycles. The third-order valence-electron chi connectivity index (χ3n) is 2.45. The van der Waals surface area contributed by atoms with E-state index in [-0.39, 0.29) is 11.6 Å². The first-order valence-corrected chi connectivity index (χ1v) is 5.76. The van der Waals surface area contributed by atoms with Crippen LogP contribution in [0, 0.1) is 6.92 Å². The quantitative estimate of drug-likeness (QED) is 0.798. The minimum absolute atomic E-state index is 0.258. The van der Waals surface area contributed by atoms with Crippen molar-refractivity contribution in [3.05, 3.63) is 65.5 Å². The first-order chi connectivity index (χ1) is 9.16. The second-order valence-electron chi connectivity index (χ2n) is 3.94. The highest BCUT2D eigenvalue weighted by Crippen LogP contribution is 1.99. The first-order valence-electron chi connectivity index (χ1n) is 5.76. The van der Waals surface area contributed by atoms with Gasteiger partial charge >= 0.3 is 0 Å². The molecule has 5 heteroatoms. The molecule has 0 spiro atoms. The Morgan fingerprint density at radius 1 is 0.895 bits per heavy atom. The Bertz CT molecular complexity index is 597. The van der Waals surface area contributed by atoms with Crippen LogP contribution < -0.4 is 10.9 Å². The zero-order chi connectivity index (χ0) is 13.7. The van der Waals surface area contributed by atoms with Crippen LogP contribution in [0.5, 0.6) is 0 Å². The van der Waals surface area contributed by atoms with Gasteiger partial charge in [0.05, 0.1) is 0 Å². The summed E-state index contributed by atoms with van der Waals surface area (Å²) >= 11 is 0. The Morgan fingerprint density at radius 2 is 1.58 bits per heavy atom. The van der Waals surface area contributed by atoms with Crippen LogP contribution in [0.25, 0.3) is 0 Å². The van der Waals surface area contributed by atoms with Gasteiger partial charge in [-0.1, -0.05) is 24.3 Å². The van der Waals surface area contributed by atoms with Crippen LogP contribution in [-0.2, 0) is 0 Å². The van der Waals surface area contributed by atoms with Gasteiger partial charge in [-0.15, -0.1) is 0 Å². The summed E-state index contributed by atoms with van der Waals surface area (Å²) < 4.78 is 0. The molecule has 96 valence electrons. The molecule has 0 saturated carbocycles. The van der Waals surface area contributed by atoms with Crippen molar-refractivity contribution in [1.82, 2.24) is 15.8 Å². The minimum Gasteiger partial charge on any atom is -0.267 e. The molecular weight excluding hydrogens is 242 g/mol. The van der Waals surface area contributed by atoms with Crippen LogP contribution in [0.2, 0.25) is 0 Å². The third kappa shape index (κ3) is 3.38. The molecule has 0 fully saturated rings. The van der Waals surface area contributed by atoms with Crippen LogP contribution in [0.1, 0.15) is 26.5 Å². The zero-order valence-electron chi connectivity index (χ0n) is 10.4. The van der Waals surface area contributed by atoms with Gasteiger partial charge in [0, 0.05) is 11.3 Å². The van der Waals surface area contributed by atoms with Gasteiger partial charge in [0.2, 0.25) is 0 Å². The normalized spacial score (nSPS) is 9.74. The van der Waals surface area contributed by atoms with Crippen LogP contribution in [0.4, 0.5) is 0 Å². The van der Waals surface area contributed by atoms with E-state index in [0.29, 0.717) is 5.56 Å². The lowest BCUT2D eigenvalue weighted by Crippen LogP contribution is -2.41. The molecule has 0 unspecified atom stereocenters. The highest BCUT2D eigenvalue weighted by molar-refractivity contribution is 5.98. The van der Waals surface area contributed by atoms with E-state index in [4.69, 9.17) is 0 Å². The maximum atomic E-state index is 11.7. The maximum absolute atomic E-state index is 11.7. The standard InChI is InChI=1S/C14H13N3O2/c1-10-6-5-9-12(15-10)14(19)17-16-13(18)11-7-3-2-4-8-11/h2-9H,1H3,(H,16,18)(H,17,19). The minimum atomic E-state index is -0.451. The van der Waals surface area contributed by atoms with Crippen molar-refractivity contribution in [3.8, 4) is 0 Å².